The lowest BCUT2D eigenvalue weighted by atomic mass is 9.97. The van der Waals surface area contributed by atoms with E-state index < -0.39 is 41.6 Å². The number of nitrogens with one attached hydrogen (secondary N) is 2. The molecule has 0 aliphatic rings. The Kier molecular flexibility index (Phi) is 11.5. The van der Waals surface area contributed by atoms with Crippen LogP contribution in [0, 0.1) is 13.8 Å². The number of para-hydroxylation sites is 2. The second-order valence-electron chi connectivity index (χ2n) is 10.7. The Morgan fingerprint density at radius 2 is 1.69 bits per heavy atom. The maximum absolute atomic E-state index is 14.2. The van der Waals surface area contributed by atoms with Crippen LogP contribution in [0.5, 0.6) is 5.75 Å². The van der Waals surface area contributed by atoms with E-state index in [0.717, 1.165) is 5.56 Å². The largest absolute Gasteiger partial charge is 0.507 e. The number of aromatic hydroxyl groups is 1. The van der Waals surface area contributed by atoms with Crippen molar-refractivity contribution in [1.29, 1.82) is 0 Å². The van der Waals surface area contributed by atoms with E-state index in [1.807, 2.05) is 19.2 Å². The molecule has 0 heterocycles. The Labute approximate surface area is 240 Å². The molecule has 0 saturated heterocycles. The summed E-state index contributed by atoms with van der Waals surface area (Å²) >= 11 is 7.93. The fraction of sp³-hybridized carbons (Fsp3) is 0.483. The van der Waals surface area contributed by atoms with E-state index in [9.17, 15) is 19.5 Å². The van der Waals surface area contributed by atoms with Crippen LogP contribution in [0.3, 0.4) is 0 Å². The third-order valence-corrected chi connectivity index (χ3v) is 6.93. The lowest BCUT2D eigenvalue weighted by molar-refractivity contribution is -0.143. The summed E-state index contributed by atoms with van der Waals surface area (Å²) in [6.07, 6.45) is 1.50. The number of nitrogens with zero attached hydrogens (tertiary/aromatic N) is 1. The van der Waals surface area contributed by atoms with Gasteiger partial charge in [-0.25, -0.2) is 4.79 Å². The van der Waals surface area contributed by atoms with E-state index >= 15 is 0 Å². The third kappa shape index (κ3) is 8.80. The molecule has 214 valence electrons. The second-order valence-corrected chi connectivity index (χ2v) is 12.0. The van der Waals surface area contributed by atoms with Crippen LogP contribution in [0.4, 0.5) is 10.5 Å². The summed E-state index contributed by atoms with van der Waals surface area (Å²) in [5, 5.41) is 16.9. The van der Waals surface area contributed by atoms with Gasteiger partial charge in [0.1, 0.15) is 23.4 Å². The molecule has 2 unspecified atom stereocenters. The first-order chi connectivity index (χ1) is 18.2. The van der Waals surface area contributed by atoms with Gasteiger partial charge in [-0.15, -0.1) is 0 Å². The van der Waals surface area contributed by atoms with Gasteiger partial charge in [0.2, 0.25) is 5.91 Å². The summed E-state index contributed by atoms with van der Waals surface area (Å²) in [5.74, 6) is -0.520. The van der Waals surface area contributed by atoms with E-state index in [1.165, 1.54) is 16.7 Å². The first kappa shape index (κ1) is 32.3. The summed E-state index contributed by atoms with van der Waals surface area (Å²) in [5.41, 5.74) is 1.23. The molecule has 3 N–H and O–H groups in total. The summed E-state index contributed by atoms with van der Waals surface area (Å²) in [6.45, 7) is 12.3. The van der Waals surface area contributed by atoms with Crippen molar-refractivity contribution in [2.75, 3.05) is 17.3 Å². The second kappa shape index (κ2) is 13.9. The number of alkyl carbamates (subject to hydrolysis) is 1. The minimum Gasteiger partial charge on any atom is -0.507 e. The molecule has 0 aliphatic carbocycles. The molecule has 3 amide bonds. The average molecular weight is 578 g/mol. The molecular weight excluding hydrogens is 538 g/mol. The number of hydrogen-bond acceptors (Lipinski definition) is 6. The van der Waals surface area contributed by atoms with Gasteiger partial charge < -0.3 is 25.4 Å². The number of thioether (sulfide) groups is 1. The van der Waals surface area contributed by atoms with E-state index in [4.69, 9.17) is 16.3 Å². The summed E-state index contributed by atoms with van der Waals surface area (Å²) in [7, 11) is 0. The lowest BCUT2D eigenvalue weighted by Crippen LogP contribution is -2.54. The number of carbonyl (C=O) groups is 3. The van der Waals surface area contributed by atoms with E-state index in [-0.39, 0.29) is 11.3 Å². The molecule has 0 aliphatic heterocycles. The predicted octanol–water partition coefficient (Wildman–Crippen LogP) is 6.23. The van der Waals surface area contributed by atoms with Gasteiger partial charge in [-0.3, -0.25) is 9.59 Å². The Hall–Kier alpha value is -2.91. The van der Waals surface area contributed by atoms with E-state index in [2.05, 4.69) is 10.6 Å². The number of phenols is 1. The molecule has 39 heavy (non-hydrogen) atoms. The molecule has 0 spiro atoms. The topological polar surface area (TPSA) is 108 Å². The number of aryl methyl sites for hydroxylation is 2. The lowest BCUT2D eigenvalue weighted by Gasteiger charge is -2.37. The molecule has 0 radical (unpaired) electrons. The highest BCUT2D eigenvalue weighted by atomic mass is 35.5. The number of carbonyl (C=O) groups excluding carboxylic acids is 3. The zero-order valence-electron chi connectivity index (χ0n) is 23.9. The van der Waals surface area contributed by atoms with Gasteiger partial charge in [0, 0.05) is 11.6 Å². The van der Waals surface area contributed by atoms with Gasteiger partial charge in [0.15, 0.2) is 0 Å². The fourth-order valence-electron chi connectivity index (χ4n) is 4.10. The van der Waals surface area contributed by atoms with Crippen molar-refractivity contribution in [2.24, 2.45) is 0 Å². The number of amides is 3. The van der Waals surface area contributed by atoms with Crippen LogP contribution in [0.25, 0.3) is 0 Å². The third-order valence-electron chi connectivity index (χ3n) is 5.97. The zero-order valence-corrected chi connectivity index (χ0v) is 25.5. The molecule has 0 saturated carbocycles. The van der Waals surface area contributed by atoms with Crippen LogP contribution in [-0.2, 0) is 14.3 Å². The predicted molar refractivity (Wildman–Crippen MR) is 159 cm³/mol. The fourth-order valence-corrected chi connectivity index (χ4v) is 4.84. The van der Waals surface area contributed by atoms with Gasteiger partial charge in [-0.05, 0) is 84.1 Å². The van der Waals surface area contributed by atoms with Crippen molar-refractivity contribution < 1.29 is 24.2 Å². The highest BCUT2D eigenvalue weighted by Crippen LogP contribution is 2.35. The van der Waals surface area contributed by atoms with Crippen LogP contribution >= 0.6 is 23.4 Å². The molecule has 8 nitrogen and oxygen atoms in total. The van der Waals surface area contributed by atoms with Crippen LogP contribution in [-0.4, -0.2) is 57.6 Å². The number of benzene rings is 2. The molecule has 2 rings (SSSR count). The summed E-state index contributed by atoms with van der Waals surface area (Å²) < 4.78 is 5.41. The van der Waals surface area contributed by atoms with Crippen LogP contribution in [0.1, 0.15) is 63.8 Å². The first-order valence-electron chi connectivity index (χ1n) is 12.8. The Bertz CT molecular complexity index is 1160. The highest BCUT2D eigenvalue weighted by molar-refractivity contribution is 7.98. The molecule has 10 heteroatoms. The first-order valence-corrected chi connectivity index (χ1v) is 14.6. The minimum atomic E-state index is -1.22. The standard InChI is InChI=1S/C29H40ClN3O5S/c1-17(2)33(27(36)22(15-16-39-8)31-28(37)38-29(5,6)7)24(20-13-9-12-19(4)25(20)34)26(35)32-23-18(3)11-10-14-21(23)30/h9-14,17,22,24,34H,15-16H2,1-8H3,(H,31,37)(H,32,35). The number of rotatable bonds is 10. The van der Waals surface area contributed by atoms with E-state index in [1.54, 1.807) is 71.9 Å². The number of phenolic OH excluding ortho intramolecular Hbond substituents is 1. The van der Waals surface area contributed by atoms with Crippen molar-refractivity contribution in [2.45, 2.75) is 78.6 Å². The Balaban J connectivity index is 2.61. The monoisotopic (exact) mass is 577 g/mol. The maximum Gasteiger partial charge on any atom is 0.408 e. The molecular formula is C29H40ClN3O5S. The summed E-state index contributed by atoms with van der Waals surface area (Å²) in [6, 6.07) is 7.67. The van der Waals surface area contributed by atoms with Crippen LogP contribution in [0.2, 0.25) is 5.02 Å². The highest BCUT2D eigenvalue weighted by Gasteiger charge is 2.39. The molecule has 0 fully saturated rings. The average Bonchev–Trinajstić information content (AvgIpc) is 2.82. The van der Waals surface area contributed by atoms with Crippen molar-refractivity contribution in [3.8, 4) is 5.75 Å². The van der Waals surface area contributed by atoms with Gasteiger partial charge >= 0.3 is 6.09 Å². The van der Waals surface area contributed by atoms with Crippen molar-refractivity contribution in [1.82, 2.24) is 10.2 Å². The summed E-state index contributed by atoms with van der Waals surface area (Å²) in [4.78, 5) is 42.2. The van der Waals surface area contributed by atoms with Gasteiger partial charge in [-0.1, -0.05) is 41.9 Å². The number of halogens is 1. The van der Waals surface area contributed by atoms with Gasteiger partial charge in [0.05, 0.1) is 10.7 Å². The molecule has 2 aromatic rings. The normalized spacial score (nSPS) is 13.0. The van der Waals surface area contributed by atoms with E-state index in [0.29, 0.717) is 28.4 Å². The molecule has 0 bridgehead atoms. The minimum absolute atomic E-state index is 0.0901. The number of ether oxygens (including phenoxy) is 1. The Morgan fingerprint density at radius 1 is 1.08 bits per heavy atom. The Morgan fingerprint density at radius 3 is 2.26 bits per heavy atom. The van der Waals surface area contributed by atoms with Crippen molar-refractivity contribution in [3.05, 3.63) is 58.1 Å². The number of anilines is 1. The van der Waals surface area contributed by atoms with Crippen molar-refractivity contribution in [3.63, 3.8) is 0 Å². The van der Waals surface area contributed by atoms with Gasteiger partial charge in [-0.2, -0.15) is 11.8 Å². The van der Waals surface area contributed by atoms with Crippen LogP contribution < -0.4 is 10.6 Å². The maximum atomic E-state index is 14.2. The number of hydrogen-bond donors (Lipinski definition) is 3. The molecule has 2 atom stereocenters. The molecule has 2 aromatic carbocycles. The van der Waals surface area contributed by atoms with Gasteiger partial charge in [0.25, 0.3) is 5.91 Å². The smallest absolute Gasteiger partial charge is 0.408 e. The zero-order chi connectivity index (χ0) is 29.5. The SMILES string of the molecule is CSCCC(NC(=O)OC(C)(C)C)C(=O)N(C(C)C)C(C(=O)Nc1c(C)cccc1Cl)c1cccc(C)c1O. The van der Waals surface area contributed by atoms with Crippen LogP contribution in [0.15, 0.2) is 36.4 Å². The quantitative estimate of drug-likeness (QED) is 0.309. The van der Waals surface area contributed by atoms with Crippen molar-refractivity contribution >= 4 is 47.0 Å². The molecule has 0 aromatic heterocycles.